The summed E-state index contributed by atoms with van der Waals surface area (Å²) in [5.74, 6) is -0.345. The Labute approximate surface area is 169 Å². The van der Waals surface area contributed by atoms with E-state index in [1.807, 2.05) is 20.8 Å². The average molecular weight is 402 g/mol. The summed E-state index contributed by atoms with van der Waals surface area (Å²) in [6, 6.07) is -0.152. The van der Waals surface area contributed by atoms with Crippen molar-refractivity contribution in [3.05, 3.63) is 23.6 Å². The third kappa shape index (κ3) is 8.27. The normalized spacial score (nSPS) is 18.5. The van der Waals surface area contributed by atoms with Crippen molar-refractivity contribution >= 4 is 6.09 Å². The average Bonchev–Trinajstić information content (AvgIpc) is 2.63. The first-order valence-corrected chi connectivity index (χ1v) is 10.1. The molecule has 0 bridgehead atoms. The van der Waals surface area contributed by atoms with E-state index in [1.165, 1.54) is 13.0 Å². The number of piperazine rings is 1. The molecule has 0 N–H and O–H groups in total. The molecule has 0 aromatic heterocycles. The summed E-state index contributed by atoms with van der Waals surface area (Å²) in [5, 5.41) is 0. The van der Waals surface area contributed by atoms with Crippen molar-refractivity contribution in [2.24, 2.45) is 0 Å². The van der Waals surface area contributed by atoms with Crippen LogP contribution in [0.15, 0.2) is 23.6 Å². The summed E-state index contributed by atoms with van der Waals surface area (Å²) in [6.45, 7) is 15.1. The molecular weight excluding hydrogens is 364 g/mol. The quantitative estimate of drug-likeness (QED) is 0.576. The van der Waals surface area contributed by atoms with E-state index in [2.05, 4.69) is 23.6 Å². The highest BCUT2D eigenvalue weighted by Crippen LogP contribution is 2.19. The summed E-state index contributed by atoms with van der Waals surface area (Å²) in [5.41, 5.74) is 0.0369. The number of halogens is 2. The van der Waals surface area contributed by atoms with Crippen LogP contribution in [0.3, 0.4) is 0 Å². The zero-order chi connectivity index (χ0) is 21.3. The van der Waals surface area contributed by atoms with Gasteiger partial charge in [0.25, 0.3) is 0 Å². The lowest BCUT2D eigenvalue weighted by Gasteiger charge is -2.41. The predicted octanol–water partition coefficient (Wildman–Crippen LogP) is 4.02. The number of likely N-dealkylation sites (N-methyl/N-ethyl adjacent to an activating group) is 1. The molecule has 1 rings (SSSR count). The fourth-order valence-corrected chi connectivity index (χ4v) is 3.20. The highest BCUT2D eigenvalue weighted by Gasteiger charge is 2.31. The molecule has 0 aromatic carbocycles. The molecule has 1 heterocycles. The monoisotopic (exact) mass is 401 g/mol. The molecule has 1 unspecified atom stereocenters. The van der Waals surface area contributed by atoms with E-state index in [-0.39, 0.29) is 18.0 Å². The Morgan fingerprint density at radius 1 is 1.14 bits per heavy atom. The largest absolute Gasteiger partial charge is 0.444 e. The molecule has 5 nitrogen and oxygen atoms in total. The minimum atomic E-state index is -0.623. The Morgan fingerprint density at radius 2 is 1.71 bits per heavy atom. The van der Waals surface area contributed by atoms with Crippen LogP contribution in [-0.2, 0) is 4.74 Å². The number of nitrogens with zero attached hydrogens (tertiary/aromatic N) is 3. The smallest absolute Gasteiger partial charge is 0.410 e. The number of alkyl halides is 1. The van der Waals surface area contributed by atoms with Gasteiger partial charge < -0.3 is 14.5 Å². The van der Waals surface area contributed by atoms with E-state index in [0.717, 1.165) is 13.1 Å². The van der Waals surface area contributed by atoms with Gasteiger partial charge in [-0.25, -0.2) is 13.6 Å². The second-order valence-electron chi connectivity index (χ2n) is 8.13. The summed E-state index contributed by atoms with van der Waals surface area (Å²) in [6.07, 6.45) is 2.56. The lowest BCUT2D eigenvalue weighted by Crippen LogP contribution is -2.55. The first-order chi connectivity index (χ1) is 13.1. The SMILES string of the molecule is CCN(CC)CC(/C(=C/C=C(\C)F)CF)N1CCN(C(=O)OC(C)(C)C)CC1. The van der Waals surface area contributed by atoms with Crippen LogP contribution in [0, 0.1) is 0 Å². The van der Waals surface area contributed by atoms with Gasteiger partial charge in [-0.15, -0.1) is 0 Å². The third-order valence-electron chi connectivity index (χ3n) is 4.84. The first-order valence-electron chi connectivity index (χ1n) is 10.1. The van der Waals surface area contributed by atoms with Crippen molar-refractivity contribution in [2.75, 3.05) is 52.5 Å². The van der Waals surface area contributed by atoms with Crippen LogP contribution in [0.1, 0.15) is 41.5 Å². The number of ether oxygens (including phenoxy) is 1. The van der Waals surface area contributed by atoms with Gasteiger partial charge in [0, 0.05) is 38.8 Å². The maximum absolute atomic E-state index is 13.8. The van der Waals surface area contributed by atoms with Crippen LogP contribution in [0.5, 0.6) is 0 Å². The third-order valence-corrected chi connectivity index (χ3v) is 4.84. The van der Waals surface area contributed by atoms with Gasteiger partial charge in [-0.05, 0) is 52.4 Å². The molecule has 1 fully saturated rings. The molecule has 1 atom stereocenters. The van der Waals surface area contributed by atoms with Crippen LogP contribution < -0.4 is 0 Å². The number of hydrogen-bond donors (Lipinski definition) is 0. The van der Waals surface area contributed by atoms with Crippen molar-refractivity contribution in [1.29, 1.82) is 0 Å². The van der Waals surface area contributed by atoms with Crippen LogP contribution in [0.2, 0.25) is 0 Å². The molecule has 162 valence electrons. The summed E-state index contributed by atoms with van der Waals surface area (Å²) < 4.78 is 32.4. The van der Waals surface area contributed by atoms with Crippen molar-refractivity contribution in [2.45, 2.75) is 53.2 Å². The first kappa shape index (κ1) is 24.6. The molecule has 0 saturated carbocycles. The molecule has 0 spiro atoms. The maximum atomic E-state index is 13.8. The van der Waals surface area contributed by atoms with Gasteiger partial charge in [-0.1, -0.05) is 19.9 Å². The Hall–Kier alpha value is -1.47. The summed E-state index contributed by atoms with van der Waals surface area (Å²) >= 11 is 0. The number of carbonyl (C=O) groups is 1. The van der Waals surface area contributed by atoms with E-state index in [4.69, 9.17) is 4.74 Å². The Kier molecular flexibility index (Phi) is 10.1. The molecule has 1 saturated heterocycles. The minimum Gasteiger partial charge on any atom is -0.444 e. The number of rotatable bonds is 8. The van der Waals surface area contributed by atoms with Gasteiger partial charge in [-0.2, -0.15) is 0 Å². The number of amides is 1. The second-order valence-corrected chi connectivity index (χ2v) is 8.13. The maximum Gasteiger partial charge on any atom is 0.410 e. The molecule has 0 aliphatic carbocycles. The van der Waals surface area contributed by atoms with E-state index in [9.17, 15) is 13.6 Å². The van der Waals surface area contributed by atoms with Crippen molar-refractivity contribution < 1.29 is 18.3 Å². The van der Waals surface area contributed by atoms with Gasteiger partial charge >= 0.3 is 6.09 Å². The summed E-state index contributed by atoms with van der Waals surface area (Å²) in [4.78, 5) is 18.4. The van der Waals surface area contributed by atoms with Crippen LogP contribution in [0.25, 0.3) is 0 Å². The van der Waals surface area contributed by atoms with E-state index >= 15 is 0 Å². The van der Waals surface area contributed by atoms with Crippen molar-refractivity contribution in [3.63, 3.8) is 0 Å². The van der Waals surface area contributed by atoms with Gasteiger partial charge in [0.1, 0.15) is 12.3 Å². The lowest BCUT2D eigenvalue weighted by molar-refractivity contribution is 0.0102. The molecule has 0 radical (unpaired) electrons. The fourth-order valence-electron chi connectivity index (χ4n) is 3.20. The van der Waals surface area contributed by atoms with E-state index in [1.54, 1.807) is 11.0 Å². The molecule has 7 heteroatoms. The standard InChI is InChI=1S/C21H37F2N3O2/c1-7-24(8-2)16-19(18(15-22)10-9-17(3)23)25-11-13-26(14-12-25)20(27)28-21(4,5)6/h9-10,19H,7-8,11-16H2,1-6H3/b17-9+,18-10+. The molecule has 1 aliphatic rings. The van der Waals surface area contributed by atoms with Gasteiger partial charge in [0.05, 0.1) is 5.83 Å². The zero-order valence-corrected chi connectivity index (χ0v) is 18.3. The van der Waals surface area contributed by atoms with Crippen molar-refractivity contribution in [1.82, 2.24) is 14.7 Å². The predicted molar refractivity (Wildman–Crippen MR) is 110 cm³/mol. The van der Waals surface area contributed by atoms with Crippen LogP contribution >= 0.6 is 0 Å². The van der Waals surface area contributed by atoms with E-state index in [0.29, 0.717) is 38.3 Å². The van der Waals surface area contributed by atoms with E-state index < -0.39 is 12.3 Å². The molecule has 1 aliphatic heterocycles. The highest BCUT2D eigenvalue weighted by molar-refractivity contribution is 5.68. The topological polar surface area (TPSA) is 36.0 Å². The fraction of sp³-hybridized carbons (Fsp3) is 0.762. The Morgan fingerprint density at radius 3 is 2.14 bits per heavy atom. The Bertz CT molecular complexity index is 542. The number of hydrogen-bond acceptors (Lipinski definition) is 4. The number of carbonyl (C=O) groups excluding carboxylic acids is 1. The zero-order valence-electron chi connectivity index (χ0n) is 18.3. The second kappa shape index (κ2) is 11.5. The summed E-state index contributed by atoms with van der Waals surface area (Å²) in [7, 11) is 0. The molecule has 1 amide bonds. The van der Waals surface area contributed by atoms with Crippen LogP contribution in [-0.4, -0.2) is 84.9 Å². The van der Waals surface area contributed by atoms with Crippen LogP contribution in [0.4, 0.5) is 13.6 Å². The highest BCUT2D eigenvalue weighted by atomic mass is 19.1. The van der Waals surface area contributed by atoms with Crippen molar-refractivity contribution in [3.8, 4) is 0 Å². The lowest BCUT2D eigenvalue weighted by atomic mass is 10.0. The molecular formula is C21H37F2N3O2. The molecule has 28 heavy (non-hydrogen) atoms. The van der Waals surface area contributed by atoms with Gasteiger partial charge in [-0.3, -0.25) is 4.90 Å². The number of allylic oxidation sites excluding steroid dienone is 3. The minimum absolute atomic E-state index is 0.152. The van der Waals surface area contributed by atoms with Gasteiger partial charge in [0.15, 0.2) is 0 Å². The van der Waals surface area contributed by atoms with Gasteiger partial charge in [0.2, 0.25) is 0 Å². The molecule has 0 aromatic rings. The Balaban J connectivity index is 2.90.